The van der Waals surface area contributed by atoms with Gasteiger partial charge >= 0.3 is 12.1 Å². The molecule has 4 N–H and O–H groups in total. The van der Waals surface area contributed by atoms with Crippen molar-refractivity contribution in [1.82, 2.24) is 16.0 Å². The van der Waals surface area contributed by atoms with Crippen LogP contribution in [0.4, 0.5) is 15.3 Å². The van der Waals surface area contributed by atoms with Gasteiger partial charge in [0.05, 0.1) is 6.04 Å². The number of nitrogens with one attached hydrogen (secondary N) is 4. The van der Waals surface area contributed by atoms with Crippen molar-refractivity contribution in [3.63, 3.8) is 0 Å². The van der Waals surface area contributed by atoms with Gasteiger partial charge in [0.15, 0.2) is 0 Å². The standard InChI is InChI=1S/C31H36N4O4/c1-31(2,3)39-30(38)33-21-20-32-28(36)19-18-27(22-23-10-6-4-7-11-23)35-29(37)34-26-16-14-25(15-17-26)24-12-8-5-9-13-24/h4-19,27H,20-22H2,1-3H3,(H,32,36)(H,33,38)(H2,34,35,37)/b19-18+/t27-/m0/s1. The molecule has 4 amide bonds. The van der Waals surface area contributed by atoms with Gasteiger partial charge in [0.1, 0.15) is 5.60 Å². The summed E-state index contributed by atoms with van der Waals surface area (Å²) in [6.45, 7) is 5.80. The highest BCUT2D eigenvalue weighted by Crippen LogP contribution is 2.21. The number of rotatable bonds is 10. The van der Waals surface area contributed by atoms with Crippen molar-refractivity contribution in [2.24, 2.45) is 0 Å². The smallest absolute Gasteiger partial charge is 0.407 e. The number of hydrogen-bond acceptors (Lipinski definition) is 4. The number of amides is 4. The van der Waals surface area contributed by atoms with Gasteiger partial charge in [0.25, 0.3) is 0 Å². The summed E-state index contributed by atoms with van der Waals surface area (Å²) in [4.78, 5) is 36.8. The lowest BCUT2D eigenvalue weighted by atomic mass is 10.1. The molecule has 8 nitrogen and oxygen atoms in total. The van der Waals surface area contributed by atoms with Crippen LogP contribution in [-0.2, 0) is 16.0 Å². The average molecular weight is 529 g/mol. The molecule has 0 aliphatic carbocycles. The molecule has 204 valence electrons. The van der Waals surface area contributed by atoms with Crippen LogP contribution < -0.4 is 21.3 Å². The third kappa shape index (κ3) is 11.1. The second-order valence-corrected chi connectivity index (χ2v) is 9.92. The molecule has 0 radical (unpaired) electrons. The minimum atomic E-state index is -0.589. The van der Waals surface area contributed by atoms with Crippen LogP contribution >= 0.6 is 0 Å². The number of hydrogen-bond donors (Lipinski definition) is 4. The van der Waals surface area contributed by atoms with E-state index in [9.17, 15) is 14.4 Å². The van der Waals surface area contributed by atoms with Gasteiger partial charge in [-0.3, -0.25) is 4.79 Å². The summed E-state index contributed by atoms with van der Waals surface area (Å²) in [6, 6.07) is 26.5. The van der Waals surface area contributed by atoms with Crippen LogP contribution in [0.2, 0.25) is 0 Å². The zero-order chi connectivity index (χ0) is 28.1. The van der Waals surface area contributed by atoms with Crippen LogP contribution in [-0.4, -0.2) is 42.8 Å². The maximum Gasteiger partial charge on any atom is 0.407 e. The van der Waals surface area contributed by atoms with E-state index in [2.05, 4.69) is 21.3 Å². The maximum atomic E-state index is 12.8. The lowest BCUT2D eigenvalue weighted by Gasteiger charge is -2.19. The quantitative estimate of drug-likeness (QED) is 0.212. The van der Waals surface area contributed by atoms with Gasteiger partial charge in [-0.25, -0.2) is 9.59 Å². The van der Waals surface area contributed by atoms with Crippen LogP contribution in [0, 0.1) is 0 Å². The van der Waals surface area contributed by atoms with Crippen molar-refractivity contribution in [1.29, 1.82) is 0 Å². The van der Waals surface area contributed by atoms with Crippen LogP contribution in [0.1, 0.15) is 26.3 Å². The molecule has 0 aromatic heterocycles. The minimum Gasteiger partial charge on any atom is -0.444 e. The van der Waals surface area contributed by atoms with E-state index < -0.39 is 17.7 Å². The average Bonchev–Trinajstić information content (AvgIpc) is 2.90. The molecule has 0 bridgehead atoms. The van der Waals surface area contributed by atoms with Gasteiger partial charge in [-0.15, -0.1) is 0 Å². The zero-order valence-corrected chi connectivity index (χ0v) is 22.6. The second kappa shape index (κ2) is 14.4. The highest BCUT2D eigenvalue weighted by Gasteiger charge is 2.15. The van der Waals surface area contributed by atoms with Gasteiger partial charge in [-0.1, -0.05) is 78.9 Å². The van der Waals surface area contributed by atoms with E-state index >= 15 is 0 Å². The molecule has 0 spiro atoms. The van der Waals surface area contributed by atoms with Crippen LogP contribution in [0.15, 0.2) is 97.1 Å². The summed E-state index contributed by atoms with van der Waals surface area (Å²) >= 11 is 0. The first-order valence-electron chi connectivity index (χ1n) is 12.9. The summed E-state index contributed by atoms with van der Waals surface area (Å²) in [6.07, 6.45) is 3.00. The SMILES string of the molecule is CC(C)(C)OC(=O)NCCNC(=O)/C=C/[C@@H](Cc1ccccc1)NC(=O)Nc1ccc(-c2ccccc2)cc1. The fourth-order valence-electron chi connectivity index (χ4n) is 3.67. The van der Waals surface area contributed by atoms with E-state index in [0.717, 1.165) is 16.7 Å². The number of anilines is 1. The number of urea groups is 1. The van der Waals surface area contributed by atoms with E-state index in [4.69, 9.17) is 4.74 Å². The topological polar surface area (TPSA) is 109 Å². The highest BCUT2D eigenvalue weighted by molar-refractivity contribution is 5.90. The molecule has 0 saturated carbocycles. The Labute approximate surface area is 229 Å². The molecule has 8 heteroatoms. The first kappa shape index (κ1) is 29.0. The molecule has 3 rings (SSSR count). The Kier molecular flexibility index (Phi) is 10.7. The van der Waals surface area contributed by atoms with Crippen molar-refractivity contribution >= 4 is 23.7 Å². The molecule has 3 aromatic carbocycles. The molecule has 39 heavy (non-hydrogen) atoms. The summed E-state index contributed by atoms with van der Waals surface area (Å²) in [5.74, 6) is -0.335. The van der Waals surface area contributed by atoms with Crippen molar-refractivity contribution in [2.45, 2.75) is 38.8 Å². The number of carbonyl (C=O) groups excluding carboxylic acids is 3. The van der Waals surface area contributed by atoms with E-state index in [-0.39, 0.29) is 25.0 Å². The van der Waals surface area contributed by atoms with Crippen LogP contribution in [0.5, 0.6) is 0 Å². The second-order valence-electron chi connectivity index (χ2n) is 9.92. The monoisotopic (exact) mass is 528 g/mol. The Morgan fingerprint density at radius 3 is 2.03 bits per heavy atom. The molecule has 0 aliphatic heterocycles. The Morgan fingerprint density at radius 2 is 1.38 bits per heavy atom. The van der Waals surface area contributed by atoms with Gasteiger partial charge < -0.3 is 26.0 Å². The largest absolute Gasteiger partial charge is 0.444 e. The Morgan fingerprint density at radius 1 is 0.795 bits per heavy atom. The first-order valence-corrected chi connectivity index (χ1v) is 12.9. The van der Waals surface area contributed by atoms with Gasteiger partial charge in [-0.05, 0) is 56.0 Å². The molecule has 0 saturated heterocycles. The zero-order valence-electron chi connectivity index (χ0n) is 22.6. The molecule has 3 aromatic rings. The highest BCUT2D eigenvalue weighted by atomic mass is 16.6. The predicted molar refractivity (Wildman–Crippen MR) is 154 cm³/mol. The number of ether oxygens (including phenoxy) is 1. The molecule has 0 fully saturated rings. The van der Waals surface area contributed by atoms with Gasteiger partial charge in [0.2, 0.25) is 5.91 Å². The summed E-state index contributed by atoms with van der Waals surface area (Å²) in [5.41, 5.74) is 3.24. The predicted octanol–water partition coefficient (Wildman–Crippen LogP) is 5.28. The number of benzene rings is 3. The van der Waals surface area contributed by atoms with E-state index in [1.807, 2.05) is 84.9 Å². The molecule has 0 heterocycles. The van der Waals surface area contributed by atoms with E-state index in [0.29, 0.717) is 12.1 Å². The van der Waals surface area contributed by atoms with E-state index in [1.54, 1.807) is 26.8 Å². The van der Waals surface area contributed by atoms with Gasteiger partial charge in [-0.2, -0.15) is 0 Å². The first-order chi connectivity index (χ1) is 18.7. The maximum absolute atomic E-state index is 12.8. The molecule has 0 unspecified atom stereocenters. The normalized spacial score (nSPS) is 11.9. The Bertz CT molecular complexity index is 1240. The Hall–Kier alpha value is -4.59. The fourth-order valence-corrected chi connectivity index (χ4v) is 3.67. The third-order valence-corrected chi connectivity index (χ3v) is 5.44. The number of carbonyl (C=O) groups is 3. The van der Waals surface area contributed by atoms with Crippen molar-refractivity contribution < 1.29 is 19.1 Å². The van der Waals surface area contributed by atoms with Crippen molar-refractivity contribution in [2.75, 3.05) is 18.4 Å². The van der Waals surface area contributed by atoms with E-state index in [1.165, 1.54) is 6.08 Å². The van der Waals surface area contributed by atoms with Crippen molar-refractivity contribution in [3.05, 3.63) is 103 Å². The summed E-state index contributed by atoms with van der Waals surface area (Å²) in [7, 11) is 0. The Balaban J connectivity index is 1.53. The van der Waals surface area contributed by atoms with Crippen LogP contribution in [0.3, 0.4) is 0 Å². The lowest BCUT2D eigenvalue weighted by Crippen LogP contribution is -2.39. The third-order valence-electron chi connectivity index (χ3n) is 5.44. The molecule has 0 aliphatic rings. The molecule has 1 atom stereocenters. The molecular formula is C31H36N4O4. The lowest BCUT2D eigenvalue weighted by molar-refractivity contribution is -0.116. The minimum absolute atomic E-state index is 0.228. The molecular weight excluding hydrogens is 492 g/mol. The van der Waals surface area contributed by atoms with Crippen molar-refractivity contribution in [3.8, 4) is 11.1 Å². The van der Waals surface area contributed by atoms with Gasteiger partial charge in [0, 0.05) is 24.9 Å². The summed E-state index contributed by atoms with van der Waals surface area (Å²) in [5, 5.41) is 11.1. The number of alkyl carbamates (subject to hydrolysis) is 1. The van der Waals surface area contributed by atoms with Crippen LogP contribution in [0.25, 0.3) is 11.1 Å². The fraction of sp³-hybridized carbons (Fsp3) is 0.258. The summed E-state index contributed by atoms with van der Waals surface area (Å²) < 4.78 is 5.16.